The maximum absolute atomic E-state index is 13.6. The number of carboxylic acids is 1. The summed E-state index contributed by atoms with van der Waals surface area (Å²) in [5.41, 5.74) is 10.8. The standard InChI is InChI=1S/C32H55N9O10/c1-16(2)12-20(29(48)39-26(17(3)4)31(50)36-14-23(43)35-15-25(45)46)38-32(51)27(18(5)6)40-28(47)19(9-10-22(34)42)37-30(49)21-8-7-11-41(21)24(44)13-33/h16-21,26-27H,7-15,33H2,1-6H3,(H2,34,42)(H,35,43)(H,36,50)(H,37,49)(H,38,51)(H,39,48)(H,40,47)(H,45,46)/t19-,20-,21-,26-,27-/m1/s1. The number of nitrogens with two attached hydrogens (primary N) is 2. The number of likely N-dealkylation sites (tertiary alicyclic amines) is 1. The molecule has 1 saturated heterocycles. The molecule has 0 aromatic heterocycles. The minimum Gasteiger partial charge on any atom is -0.480 e. The molecule has 1 fully saturated rings. The Morgan fingerprint density at radius 3 is 1.82 bits per heavy atom. The van der Waals surface area contributed by atoms with Crippen LogP contribution in [-0.4, -0.2) is 120 Å². The first-order valence-electron chi connectivity index (χ1n) is 17.0. The normalized spacial score (nSPS) is 16.4. The van der Waals surface area contributed by atoms with Gasteiger partial charge in [-0.15, -0.1) is 0 Å². The highest BCUT2D eigenvalue weighted by atomic mass is 16.4. The zero-order valence-electron chi connectivity index (χ0n) is 30.2. The number of primary amides is 1. The number of carboxylic acid groups (broad SMARTS) is 1. The molecule has 0 radical (unpaired) electrons. The van der Waals surface area contributed by atoms with Gasteiger partial charge in [-0.2, -0.15) is 0 Å². The van der Waals surface area contributed by atoms with E-state index in [0.717, 1.165) is 0 Å². The number of amides is 8. The van der Waals surface area contributed by atoms with Gasteiger partial charge in [0.25, 0.3) is 0 Å². The van der Waals surface area contributed by atoms with Gasteiger partial charge in [-0.1, -0.05) is 41.5 Å². The van der Waals surface area contributed by atoms with E-state index in [2.05, 4.69) is 31.9 Å². The van der Waals surface area contributed by atoms with Crippen LogP contribution in [0.15, 0.2) is 0 Å². The summed E-state index contributed by atoms with van der Waals surface area (Å²) >= 11 is 0. The topological polar surface area (TPSA) is 301 Å². The molecular formula is C32H55N9O10. The number of hydrogen-bond donors (Lipinski definition) is 9. The molecule has 1 aliphatic rings. The molecule has 5 atom stereocenters. The fraction of sp³-hybridized carbons (Fsp3) is 0.719. The Morgan fingerprint density at radius 2 is 1.31 bits per heavy atom. The highest BCUT2D eigenvalue weighted by molar-refractivity contribution is 5.97. The minimum absolute atomic E-state index is 0.105. The van der Waals surface area contributed by atoms with E-state index in [-0.39, 0.29) is 31.7 Å². The fourth-order valence-electron chi connectivity index (χ4n) is 5.33. The van der Waals surface area contributed by atoms with E-state index < -0.39 is 108 Å². The summed E-state index contributed by atoms with van der Waals surface area (Å²) in [6, 6.07) is -5.64. The number of carbonyl (C=O) groups is 9. The largest absolute Gasteiger partial charge is 0.480 e. The van der Waals surface area contributed by atoms with E-state index in [4.69, 9.17) is 16.6 Å². The molecule has 0 aliphatic carbocycles. The molecule has 0 aromatic carbocycles. The predicted octanol–water partition coefficient (Wildman–Crippen LogP) is -3.18. The summed E-state index contributed by atoms with van der Waals surface area (Å²) in [7, 11) is 0. The molecule has 288 valence electrons. The van der Waals surface area contributed by atoms with Crippen LogP contribution in [-0.2, 0) is 43.2 Å². The van der Waals surface area contributed by atoms with Crippen molar-refractivity contribution < 1.29 is 48.3 Å². The van der Waals surface area contributed by atoms with E-state index in [1.165, 1.54) is 4.90 Å². The van der Waals surface area contributed by atoms with Crippen molar-refractivity contribution in [1.29, 1.82) is 0 Å². The van der Waals surface area contributed by atoms with Crippen LogP contribution in [0.4, 0.5) is 0 Å². The monoisotopic (exact) mass is 725 g/mol. The number of nitrogens with zero attached hydrogens (tertiary/aromatic N) is 1. The number of carbonyl (C=O) groups excluding carboxylic acids is 8. The lowest BCUT2D eigenvalue weighted by Gasteiger charge is -2.30. The Balaban J connectivity index is 3.12. The van der Waals surface area contributed by atoms with Crippen molar-refractivity contribution in [3.63, 3.8) is 0 Å². The van der Waals surface area contributed by atoms with Gasteiger partial charge in [0.2, 0.25) is 47.3 Å². The van der Waals surface area contributed by atoms with Gasteiger partial charge in [0, 0.05) is 13.0 Å². The first kappa shape index (κ1) is 44.2. The average molecular weight is 726 g/mol. The highest BCUT2D eigenvalue weighted by Gasteiger charge is 2.37. The van der Waals surface area contributed by atoms with Gasteiger partial charge in [0.15, 0.2) is 0 Å². The Hall–Kier alpha value is -4.81. The van der Waals surface area contributed by atoms with Crippen LogP contribution in [0, 0.1) is 17.8 Å². The predicted molar refractivity (Wildman–Crippen MR) is 183 cm³/mol. The van der Waals surface area contributed by atoms with E-state index >= 15 is 0 Å². The van der Waals surface area contributed by atoms with E-state index in [1.54, 1.807) is 27.7 Å². The molecule has 1 rings (SSSR count). The molecule has 0 spiro atoms. The SMILES string of the molecule is CC(C)C[C@@H](NC(=O)[C@H](NC(=O)[C@@H](CCC(N)=O)NC(=O)[C@H]1CCCN1C(=O)CN)C(C)C)C(=O)N[C@@H](C(=O)NCC(=O)NCC(=O)O)C(C)C. The van der Waals surface area contributed by atoms with Crippen molar-refractivity contribution in [3.05, 3.63) is 0 Å². The molecule has 1 aliphatic heterocycles. The second-order valence-electron chi connectivity index (χ2n) is 13.6. The van der Waals surface area contributed by atoms with Gasteiger partial charge in [-0.05, 0) is 43.4 Å². The summed E-state index contributed by atoms with van der Waals surface area (Å²) in [5, 5.41) is 23.6. The van der Waals surface area contributed by atoms with Gasteiger partial charge in [0.05, 0.1) is 13.1 Å². The molecule has 0 aromatic rings. The second-order valence-corrected chi connectivity index (χ2v) is 13.6. The fourth-order valence-corrected chi connectivity index (χ4v) is 5.33. The number of hydrogen-bond acceptors (Lipinski definition) is 10. The number of nitrogens with one attached hydrogen (secondary N) is 6. The van der Waals surface area contributed by atoms with Crippen LogP contribution < -0.4 is 43.4 Å². The van der Waals surface area contributed by atoms with Crippen LogP contribution in [0.5, 0.6) is 0 Å². The van der Waals surface area contributed by atoms with Crippen LogP contribution in [0.2, 0.25) is 0 Å². The molecule has 51 heavy (non-hydrogen) atoms. The highest BCUT2D eigenvalue weighted by Crippen LogP contribution is 2.18. The van der Waals surface area contributed by atoms with E-state index in [0.29, 0.717) is 19.4 Å². The average Bonchev–Trinajstić information content (AvgIpc) is 3.54. The van der Waals surface area contributed by atoms with Crippen LogP contribution in [0.1, 0.15) is 73.6 Å². The lowest BCUT2D eigenvalue weighted by molar-refractivity contribution is -0.139. The summed E-state index contributed by atoms with van der Waals surface area (Å²) in [5.74, 6) is -7.77. The Bertz CT molecular complexity index is 1290. The summed E-state index contributed by atoms with van der Waals surface area (Å²) in [6.45, 7) is 9.11. The van der Waals surface area contributed by atoms with Crippen molar-refractivity contribution in [2.45, 2.75) is 104 Å². The Kier molecular flexibility index (Phi) is 18.6. The van der Waals surface area contributed by atoms with Gasteiger partial charge in [-0.3, -0.25) is 43.2 Å². The smallest absolute Gasteiger partial charge is 0.322 e. The quantitative estimate of drug-likeness (QED) is 0.0568. The molecule has 1 heterocycles. The molecular weight excluding hydrogens is 670 g/mol. The first-order chi connectivity index (χ1) is 23.8. The maximum Gasteiger partial charge on any atom is 0.322 e. The lowest BCUT2D eigenvalue weighted by Crippen LogP contribution is -2.60. The first-order valence-corrected chi connectivity index (χ1v) is 17.0. The molecule has 11 N–H and O–H groups in total. The molecule has 19 nitrogen and oxygen atoms in total. The molecule has 0 saturated carbocycles. The van der Waals surface area contributed by atoms with Crippen molar-refractivity contribution >= 4 is 53.2 Å². The second kappa shape index (κ2) is 21.4. The van der Waals surface area contributed by atoms with Gasteiger partial charge in [-0.25, -0.2) is 0 Å². The molecule has 0 bridgehead atoms. The van der Waals surface area contributed by atoms with E-state index in [1.807, 2.05) is 13.8 Å². The van der Waals surface area contributed by atoms with Crippen molar-refractivity contribution in [2.75, 3.05) is 26.2 Å². The number of rotatable bonds is 21. The van der Waals surface area contributed by atoms with Crippen molar-refractivity contribution in [2.24, 2.45) is 29.2 Å². The minimum atomic E-state index is -1.29. The maximum atomic E-state index is 13.6. The zero-order valence-corrected chi connectivity index (χ0v) is 30.2. The number of aliphatic carboxylic acids is 1. The lowest BCUT2D eigenvalue weighted by atomic mass is 9.98. The van der Waals surface area contributed by atoms with E-state index in [9.17, 15) is 43.2 Å². The zero-order chi connectivity index (χ0) is 39.0. The summed E-state index contributed by atoms with van der Waals surface area (Å²) in [4.78, 5) is 114. The molecule has 19 heteroatoms. The van der Waals surface area contributed by atoms with Crippen LogP contribution in [0.25, 0.3) is 0 Å². The van der Waals surface area contributed by atoms with Gasteiger partial charge >= 0.3 is 5.97 Å². The molecule has 8 amide bonds. The third kappa shape index (κ3) is 15.3. The van der Waals surface area contributed by atoms with Gasteiger partial charge in [0.1, 0.15) is 36.8 Å². The van der Waals surface area contributed by atoms with Crippen molar-refractivity contribution in [1.82, 2.24) is 36.8 Å². The van der Waals surface area contributed by atoms with Crippen molar-refractivity contribution in [3.8, 4) is 0 Å². The summed E-state index contributed by atoms with van der Waals surface area (Å²) in [6.07, 6.45) is 0.601. The van der Waals surface area contributed by atoms with Crippen LogP contribution in [0.3, 0.4) is 0 Å². The molecule has 0 unspecified atom stereocenters. The van der Waals surface area contributed by atoms with Crippen LogP contribution >= 0.6 is 0 Å². The third-order valence-corrected chi connectivity index (χ3v) is 8.06. The Morgan fingerprint density at radius 1 is 0.745 bits per heavy atom. The third-order valence-electron chi connectivity index (χ3n) is 8.06. The Labute approximate surface area is 297 Å². The summed E-state index contributed by atoms with van der Waals surface area (Å²) < 4.78 is 0. The van der Waals surface area contributed by atoms with Gasteiger partial charge < -0.3 is 53.4 Å².